The number of imide groups is 1. The molecule has 0 aromatic rings. The summed E-state index contributed by atoms with van der Waals surface area (Å²) in [4.78, 5) is 82.7. The Hall–Kier alpha value is -2.42. The number of hydrogen-bond donors (Lipinski definition) is 2. The van der Waals surface area contributed by atoms with Crippen LogP contribution in [0.1, 0.15) is 186 Å². The fourth-order valence-electron chi connectivity index (χ4n) is 13.9. The van der Waals surface area contributed by atoms with E-state index in [2.05, 4.69) is 10.6 Å². The van der Waals surface area contributed by atoms with E-state index in [4.69, 9.17) is 19.2 Å². The van der Waals surface area contributed by atoms with Crippen molar-refractivity contribution in [1.29, 1.82) is 0 Å². The lowest BCUT2D eigenvalue weighted by Gasteiger charge is -2.64. The zero-order valence-electron chi connectivity index (χ0n) is 38.1. The summed E-state index contributed by atoms with van der Waals surface area (Å²) in [5.74, 6) is -0.370. The molecule has 14 heteroatoms. The highest BCUT2D eigenvalue weighted by Crippen LogP contribution is 2.66. The van der Waals surface area contributed by atoms with Crippen LogP contribution in [-0.4, -0.2) is 99.4 Å². The number of hydrogen-bond acceptors (Lipinski definition) is 10. The molecule has 2 heterocycles. The predicted molar refractivity (Wildman–Crippen MR) is 238 cm³/mol. The fraction of sp³-hybridized carbons (Fsp3) is 0.898. The molecular weight excluding hydrogens is 821 g/mol. The van der Waals surface area contributed by atoms with Crippen LogP contribution in [0.15, 0.2) is 0 Å². The van der Waals surface area contributed by atoms with Crippen molar-refractivity contribution in [2.45, 2.75) is 227 Å². The fourth-order valence-corrected chi connectivity index (χ4v) is 15.0. The van der Waals surface area contributed by atoms with E-state index < -0.39 is 16.8 Å². The monoisotopic (exact) mass is 897 g/mol. The van der Waals surface area contributed by atoms with Gasteiger partial charge in [0, 0.05) is 80.4 Å². The van der Waals surface area contributed by atoms with Gasteiger partial charge in [-0.3, -0.25) is 24.1 Å². The Morgan fingerprint density at radius 2 is 1.40 bits per heavy atom. The number of ether oxygens (including phenoxy) is 2. The van der Waals surface area contributed by atoms with Crippen molar-refractivity contribution in [2.75, 3.05) is 19.3 Å². The maximum Gasteiger partial charge on any atom is 0.407 e. The van der Waals surface area contributed by atoms with Crippen molar-refractivity contribution in [3.8, 4) is 0 Å². The van der Waals surface area contributed by atoms with Gasteiger partial charge in [-0.25, -0.2) is 4.79 Å². The number of nitrogens with one attached hydrogen (secondary N) is 2. The molecule has 4 unspecified atom stereocenters. The van der Waals surface area contributed by atoms with E-state index in [0.29, 0.717) is 43.5 Å². The molecule has 352 valence electrons. The summed E-state index contributed by atoms with van der Waals surface area (Å²) in [6, 6.07) is 0.487. The van der Waals surface area contributed by atoms with Gasteiger partial charge in [-0.05, 0) is 108 Å². The molecule has 5 atom stereocenters. The van der Waals surface area contributed by atoms with Gasteiger partial charge in [-0.1, -0.05) is 64.2 Å². The first-order chi connectivity index (χ1) is 30.5. The van der Waals surface area contributed by atoms with Crippen molar-refractivity contribution in [3.63, 3.8) is 0 Å². The maximum absolute atomic E-state index is 13.9. The number of alkyl carbamates (subject to hydrolysis) is 1. The molecule has 8 aliphatic carbocycles. The van der Waals surface area contributed by atoms with Crippen LogP contribution >= 0.6 is 11.8 Å². The summed E-state index contributed by atoms with van der Waals surface area (Å²) >= 11 is 1.44. The van der Waals surface area contributed by atoms with Crippen LogP contribution in [0.3, 0.4) is 0 Å². The van der Waals surface area contributed by atoms with Gasteiger partial charge in [0.1, 0.15) is 6.10 Å². The number of likely N-dealkylation sites (tertiary alicyclic amines) is 1. The Bertz CT molecular complexity index is 1640. The standard InChI is InChI=1S/C49H76N4O9S/c1-52(42(54)22-24-63-41-27-43(55)53(45(41)57)32-33-18-20-35(21-19-33)44(56)50-38-15-10-11-16-38)47-28-34-25-36(29-47)49(37(26-34)30-47)60-48(61-62-49)23-12-17-40(31-48)59-46(58)51-39-13-8-6-4-2-3-5-7-9-14-39/h33-41H,2-32H2,1H3,(H,50,56)(H,51,58)/t33?,34?,35?,36?,37?,40?,41?,47?,48-,49?/m1/s1. The first-order valence-electron chi connectivity index (χ1n) is 25.6. The third-order valence-corrected chi connectivity index (χ3v) is 18.5. The number of carbonyl (C=O) groups is 5. The topological polar surface area (TPSA) is 153 Å². The van der Waals surface area contributed by atoms with Crippen molar-refractivity contribution >= 4 is 41.5 Å². The van der Waals surface area contributed by atoms with Gasteiger partial charge in [-0.2, -0.15) is 9.78 Å². The molecule has 4 bridgehead atoms. The quantitative estimate of drug-likeness (QED) is 0.153. The molecule has 5 amide bonds. The summed E-state index contributed by atoms with van der Waals surface area (Å²) < 4.78 is 13.1. The predicted octanol–water partition coefficient (Wildman–Crippen LogP) is 8.46. The number of nitrogens with zero attached hydrogens (tertiary/aromatic N) is 2. The second kappa shape index (κ2) is 19.8. The van der Waals surface area contributed by atoms with Gasteiger partial charge in [-0.15, -0.1) is 11.8 Å². The van der Waals surface area contributed by atoms with E-state index in [1.165, 1.54) is 68.0 Å². The van der Waals surface area contributed by atoms with Gasteiger partial charge < -0.3 is 25.0 Å². The summed E-state index contributed by atoms with van der Waals surface area (Å²) in [7, 11) is 1.95. The first-order valence-corrected chi connectivity index (χ1v) is 26.6. The minimum absolute atomic E-state index is 0.0344. The van der Waals surface area contributed by atoms with Gasteiger partial charge >= 0.3 is 6.09 Å². The summed E-state index contributed by atoms with van der Waals surface area (Å²) in [5.41, 5.74) is -0.275. The number of amides is 5. The molecule has 10 rings (SSSR count). The molecule has 8 saturated carbocycles. The van der Waals surface area contributed by atoms with Crippen molar-refractivity contribution < 1.29 is 43.2 Å². The lowest BCUT2D eigenvalue weighted by atomic mass is 9.49. The van der Waals surface area contributed by atoms with Crippen LogP contribution in [0, 0.1) is 29.6 Å². The summed E-state index contributed by atoms with van der Waals surface area (Å²) in [5, 5.41) is 6.01. The first kappa shape index (κ1) is 45.7. The van der Waals surface area contributed by atoms with Crippen LogP contribution < -0.4 is 10.6 Å². The molecule has 0 radical (unpaired) electrons. The average Bonchev–Trinajstić information content (AvgIpc) is 3.97. The minimum Gasteiger partial charge on any atom is -0.446 e. The Balaban J connectivity index is 0.726. The van der Waals surface area contributed by atoms with Crippen LogP contribution in [-0.2, 0) is 38.4 Å². The highest BCUT2D eigenvalue weighted by Gasteiger charge is 2.71. The molecule has 0 aromatic heterocycles. The molecule has 2 N–H and O–H groups in total. The van der Waals surface area contributed by atoms with E-state index in [1.807, 2.05) is 11.9 Å². The summed E-state index contributed by atoms with van der Waals surface area (Å²) in [6.07, 6.45) is 26.9. The Morgan fingerprint density at radius 3 is 2.08 bits per heavy atom. The molecule has 10 aliphatic rings. The molecule has 0 aromatic carbocycles. The second-order valence-corrected chi connectivity index (χ2v) is 23.0. The number of rotatable bonds is 11. The van der Waals surface area contributed by atoms with E-state index in [0.717, 1.165) is 109 Å². The molecule has 2 aliphatic heterocycles. The SMILES string of the molecule is CN(C(=O)CCSC1CC(=O)N(CC2CCC(C(=O)NC3CCCC3)CC2)C1=O)C12CC3CC(C1)C1(OO[C@@]4(CCCC(OC(=O)NC5CCCCCCCCCC5)C4)O1)C(C3)C2. The Morgan fingerprint density at radius 1 is 0.762 bits per heavy atom. The zero-order valence-corrected chi connectivity index (χ0v) is 38.9. The van der Waals surface area contributed by atoms with Crippen LogP contribution in [0.5, 0.6) is 0 Å². The van der Waals surface area contributed by atoms with E-state index in [9.17, 15) is 24.0 Å². The average molecular weight is 897 g/mol. The maximum atomic E-state index is 13.9. The van der Waals surface area contributed by atoms with Crippen LogP contribution in [0.2, 0.25) is 0 Å². The Labute approximate surface area is 379 Å². The highest BCUT2D eigenvalue weighted by atomic mass is 32.2. The summed E-state index contributed by atoms with van der Waals surface area (Å²) in [6.45, 7) is 0.437. The van der Waals surface area contributed by atoms with E-state index in [-0.39, 0.29) is 77.5 Å². The van der Waals surface area contributed by atoms with Gasteiger partial charge in [0.2, 0.25) is 35.2 Å². The largest absolute Gasteiger partial charge is 0.446 e. The van der Waals surface area contributed by atoms with E-state index in [1.54, 1.807) is 0 Å². The lowest BCUT2D eigenvalue weighted by Crippen LogP contribution is -2.69. The van der Waals surface area contributed by atoms with Crippen LogP contribution in [0.25, 0.3) is 0 Å². The van der Waals surface area contributed by atoms with Gasteiger partial charge in [0.25, 0.3) is 0 Å². The minimum atomic E-state index is -0.945. The lowest BCUT2D eigenvalue weighted by molar-refractivity contribution is -0.394. The zero-order chi connectivity index (χ0) is 43.6. The molecule has 2 saturated heterocycles. The second-order valence-electron chi connectivity index (χ2n) is 21.7. The third-order valence-electron chi connectivity index (χ3n) is 17.3. The van der Waals surface area contributed by atoms with Crippen molar-refractivity contribution in [3.05, 3.63) is 0 Å². The number of carbonyl (C=O) groups excluding carboxylic acids is 5. The molecule has 10 fully saturated rings. The Kier molecular flexibility index (Phi) is 14.4. The normalized spacial score (nSPS) is 38.9. The van der Waals surface area contributed by atoms with Gasteiger partial charge in [0.15, 0.2) is 0 Å². The van der Waals surface area contributed by atoms with Gasteiger partial charge in [0.05, 0.1) is 5.25 Å². The number of thioether (sulfide) groups is 1. The highest BCUT2D eigenvalue weighted by molar-refractivity contribution is 8.00. The molecule has 63 heavy (non-hydrogen) atoms. The third kappa shape index (κ3) is 10.1. The molecular formula is C49H76N4O9S. The van der Waals surface area contributed by atoms with Crippen molar-refractivity contribution in [2.24, 2.45) is 29.6 Å². The van der Waals surface area contributed by atoms with E-state index >= 15 is 0 Å². The smallest absolute Gasteiger partial charge is 0.407 e. The molecule has 13 nitrogen and oxygen atoms in total. The molecule has 2 spiro atoms. The van der Waals surface area contributed by atoms with Crippen LogP contribution in [0.4, 0.5) is 4.79 Å². The van der Waals surface area contributed by atoms with Crippen molar-refractivity contribution in [1.82, 2.24) is 20.4 Å².